The maximum absolute atomic E-state index is 2.28. The Labute approximate surface area is 39.6 Å². The first-order chi connectivity index (χ1) is 2.73. The highest BCUT2D eigenvalue weighted by Gasteiger charge is 2.53. The fraction of sp³-hybridized carbons (Fsp3) is 0.833. The molecule has 6 heavy (non-hydrogen) atoms. The van der Waals surface area contributed by atoms with E-state index in [1.807, 2.05) is 0 Å². The van der Waals surface area contributed by atoms with Crippen LogP contribution in [0.25, 0.3) is 0 Å². The van der Waals surface area contributed by atoms with Crippen LogP contribution in [0.3, 0.4) is 0 Å². The monoisotopic (exact) mass is 83.1 g/mol. The normalized spacial score (nSPS) is 43.5. The van der Waals surface area contributed by atoms with Gasteiger partial charge in [0.2, 0.25) is 0 Å². The van der Waals surface area contributed by atoms with Crippen LogP contribution in [0.4, 0.5) is 0 Å². The largest absolute Gasteiger partial charge is 0.140 e. The predicted molar refractivity (Wildman–Crippen MR) is 27.2 cm³/mol. The van der Waals surface area contributed by atoms with Crippen LogP contribution in [0.5, 0.6) is 0 Å². The van der Waals surface area contributed by atoms with Crippen molar-refractivity contribution in [2.75, 3.05) is 0 Å². The first kappa shape index (κ1) is 4.04. The lowest BCUT2D eigenvalue weighted by atomic mass is 10.4. The fourth-order valence-electron chi connectivity index (χ4n) is 0.776. The van der Waals surface area contributed by atoms with E-state index in [4.69, 9.17) is 0 Å². The second-order valence-corrected chi connectivity index (χ2v) is 2.32. The lowest BCUT2D eigenvalue weighted by Gasteiger charge is -1.52. The van der Waals surface area contributed by atoms with Crippen molar-refractivity contribution >= 4 is 0 Å². The highest BCUT2D eigenvalue weighted by molar-refractivity contribution is 5.14. The molecule has 34 valence electrons. The predicted octanol–water partition coefficient (Wildman–Crippen LogP) is 1.87. The quantitative estimate of drug-likeness (QED) is 0.392. The molecule has 0 radical (unpaired) electrons. The molecule has 1 fully saturated rings. The molecule has 1 saturated carbocycles. The maximum Gasteiger partial charge on any atom is 0.140 e. The van der Waals surface area contributed by atoms with Gasteiger partial charge < -0.3 is 0 Å². The summed E-state index contributed by atoms with van der Waals surface area (Å²) in [4.78, 5) is 0. The van der Waals surface area contributed by atoms with Gasteiger partial charge >= 0.3 is 0 Å². The van der Waals surface area contributed by atoms with E-state index in [9.17, 15) is 0 Å². The Bertz CT molecular complexity index is 36.8. The minimum atomic E-state index is 0.935. The van der Waals surface area contributed by atoms with Gasteiger partial charge in [-0.2, -0.15) is 0 Å². The minimum Gasteiger partial charge on any atom is -0.0167 e. The zero-order chi connectivity index (χ0) is 4.73. The van der Waals surface area contributed by atoms with Gasteiger partial charge in [0.1, 0.15) is 17.8 Å². The molecule has 0 aromatic heterocycles. The molecule has 0 heterocycles. The molecule has 0 nitrogen and oxygen atoms in total. The van der Waals surface area contributed by atoms with Gasteiger partial charge in [-0.05, 0) is 13.8 Å². The summed E-state index contributed by atoms with van der Waals surface area (Å²) in [7, 11) is 0. The van der Waals surface area contributed by atoms with Gasteiger partial charge in [0.15, 0.2) is 0 Å². The average molecular weight is 83.2 g/mol. The van der Waals surface area contributed by atoms with Crippen molar-refractivity contribution < 1.29 is 0 Å². The summed E-state index contributed by atoms with van der Waals surface area (Å²) < 4.78 is 0. The smallest absolute Gasteiger partial charge is 0.0167 e. The minimum absolute atomic E-state index is 0.935. The average Bonchev–Trinajstić information content (AvgIpc) is 1.94. The summed E-state index contributed by atoms with van der Waals surface area (Å²) in [6, 6.07) is 0. The Kier molecular flexibility index (Phi) is 0.624. The van der Waals surface area contributed by atoms with E-state index < -0.39 is 0 Å². The first-order valence-corrected chi connectivity index (χ1v) is 2.57. The molecule has 0 heteroatoms. The van der Waals surface area contributed by atoms with Gasteiger partial charge in [0.25, 0.3) is 0 Å². The van der Waals surface area contributed by atoms with Crippen molar-refractivity contribution in [3.63, 3.8) is 0 Å². The van der Waals surface area contributed by atoms with Crippen LogP contribution in [0.1, 0.15) is 20.8 Å². The van der Waals surface area contributed by atoms with E-state index in [0.29, 0.717) is 0 Å². The van der Waals surface area contributed by atoms with Crippen molar-refractivity contribution in [2.24, 2.45) is 11.8 Å². The summed E-state index contributed by atoms with van der Waals surface area (Å²) in [5.74, 6) is 3.55. The van der Waals surface area contributed by atoms with Gasteiger partial charge in [0, 0.05) is 0 Å². The van der Waals surface area contributed by atoms with Crippen molar-refractivity contribution in [3.8, 4) is 0 Å². The number of hydrogen-bond donors (Lipinski definition) is 0. The van der Waals surface area contributed by atoms with Crippen LogP contribution >= 0.6 is 0 Å². The summed E-state index contributed by atoms with van der Waals surface area (Å²) in [5, 5.41) is 0. The summed E-state index contributed by atoms with van der Waals surface area (Å²) in [6.45, 7) is 6.79. The highest BCUT2D eigenvalue weighted by Crippen LogP contribution is 2.46. The second kappa shape index (κ2) is 0.927. The summed E-state index contributed by atoms with van der Waals surface area (Å²) in [6.07, 6.45) is 0. The lowest BCUT2D eigenvalue weighted by Crippen LogP contribution is -1.58. The molecule has 0 saturated heterocycles. The third kappa shape index (κ3) is 0.327. The molecule has 0 amide bonds. The molecule has 0 aliphatic heterocycles. The van der Waals surface area contributed by atoms with Gasteiger partial charge in [0.05, 0.1) is 6.92 Å². The van der Waals surface area contributed by atoms with Gasteiger partial charge in [-0.25, -0.2) is 0 Å². The van der Waals surface area contributed by atoms with Crippen LogP contribution < -0.4 is 0 Å². The Balaban J connectivity index is 2.31. The van der Waals surface area contributed by atoms with Gasteiger partial charge in [-0.1, -0.05) is 0 Å². The standard InChI is InChI=1S/C6H11/c1-4-5(2)6(4)3/h4-5H,1-3H3/q+1. The van der Waals surface area contributed by atoms with Gasteiger partial charge in [-0.15, -0.1) is 0 Å². The highest BCUT2D eigenvalue weighted by atomic mass is 14.4. The fourth-order valence-corrected chi connectivity index (χ4v) is 0.776. The topological polar surface area (TPSA) is 0 Å². The molecule has 1 aliphatic rings. The number of hydrogen-bond acceptors (Lipinski definition) is 0. The van der Waals surface area contributed by atoms with Crippen LogP contribution in [-0.2, 0) is 0 Å². The zero-order valence-corrected chi connectivity index (χ0v) is 4.65. The van der Waals surface area contributed by atoms with Crippen molar-refractivity contribution in [1.29, 1.82) is 0 Å². The van der Waals surface area contributed by atoms with Crippen molar-refractivity contribution in [2.45, 2.75) is 20.8 Å². The summed E-state index contributed by atoms with van der Waals surface area (Å²) in [5.41, 5.74) is 0. The Morgan fingerprint density at radius 1 is 1.17 bits per heavy atom. The second-order valence-electron chi connectivity index (χ2n) is 2.32. The third-order valence-electron chi connectivity index (χ3n) is 2.08. The van der Waals surface area contributed by atoms with Gasteiger partial charge in [-0.3, -0.25) is 0 Å². The van der Waals surface area contributed by atoms with Crippen LogP contribution in [0.15, 0.2) is 0 Å². The molecule has 1 aliphatic carbocycles. The van der Waals surface area contributed by atoms with E-state index in [2.05, 4.69) is 20.8 Å². The van der Waals surface area contributed by atoms with Crippen molar-refractivity contribution in [3.05, 3.63) is 5.92 Å². The van der Waals surface area contributed by atoms with E-state index in [1.165, 1.54) is 0 Å². The molecule has 1 rings (SSSR count). The van der Waals surface area contributed by atoms with Crippen molar-refractivity contribution in [1.82, 2.24) is 0 Å². The van der Waals surface area contributed by atoms with E-state index in [0.717, 1.165) is 11.8 Å². The molecule has 0 aromatic rings. The molecule has 0 bridgehead atoms. The molecular weight excluding hydrogens is 72.1 g/mol. The van der Waals surface area contributed by atoms with Crippen LogP contribution in [0.2, 0.25) is 0 Å². The third-order valence-corrected chi connectivity index (χ3v) is 2.08. The number of rotatable bonds is 0. The molecule has 0 spiro atoms. The molecule has 2 unspecified atom stereocenters. The summed E-state index contributed by atoms with van der Waals surface area (Å²) >= 11 is 0. The Morgan fingerprint density at radius 3 is 1.33 bits per heavy atom. The molecule has 2 atom stereocenters. The lowest BCUT2D eigenvalue weighted by molar-refractivity contribution is 0.834. The van der Waals surface area contributed by atoms with E-state index in [-0.39, 0.29) is 0 Å². The first-order valence-electron chi connectivity index (χ1n) is 2.57. The van der Waals surface area contributed by atoms with Crippen LogP contribution in [-0.4, -0.2) is 0 Å². The van der Waals surface area contributed by atoms with E-state index >= 15 is 0 Å². The molecule has 0 N–H and O–H groups in total. The zero-order valence-electron chi connectivity index (χ0n) is 4.65. The molecular formula is C6H11+. The Morgan fingerprint density at radius 2 is 1.33 bits per heavy atom. The Hall–Kier alpha value is -0.130. The van der Waals surface area contributed by atoms with E-state index in [1.54, 1.807) is 5.92 Å². The van der Waals surface area contributed by atoms with Crippen LogP contribution in [0, 0.1) is 17.8 Å². The SMILES string of the molecule is C[C+]1C(C)C1C. The maximum atomic E-state index is 2.28. The molecule has 0 aromatic carbocycles.